The summed E-state index contributed by atoms with van der Waals surface area (Å²) in [6, 6.07) is 16.1. The number of rotatable bonds is 5. The molecule has 0 aliphatic carbocycles. The molecule has 0 saturated carbocycles. The predicted octanol–water partition coefficient (Wildman–Crippen LogP) is 3.82. The van der Waals surface area contributed by atoms with Crippen molar-refractivity contribution in [2.45, 2.75) is 20.3 Å². The van der Waals surface area contributed by atoms with Gasteiger partial charge in [0.05, 0.1) is 0 Å². The highest BCUT2D eigenvalue weighted by atomic mass is 16.2. The van der Waals surface area contributed by atoms with Gasteiger partial charge in [-0.05, 0) is 43.0 Å². The maximum absolute atomic E-state index is 11.7. The van der Waals surface area contributed by atoms with Crippen LogP contribution in [0.3, 0.4) is 0 Å². The molecule has 0 fully saturated rings. The van der Waals surface area contributed by atoms with Crippen LogP contribution in [0.15, 0.2) is 54.7 Å². The molecule has 0 atom stereocenters. The van der Waals surface area contributed by atoms with Gasteiger partial charge in [0.2, 0.25) is 0 Å². The number of carbonyl (C=O) groups is 1. The van der Waals surface area contributed by atoms with Gasteiger partial charge in [0.15, 0.2) is 0 Å². The first-order valence-electron chi connectivity index (χ1n) is 7.47. The summed E-state index contributed by atoms with van der Waals surface area (Å²) in [5.41, 5.74) is 4.78. The van der Waals surface area contributed by atoms with E-state index in [9.17, 15) is 4.79 Å². The minimum absolute atomic E-state index is 0.183. The molecule has 3 nitrogen and oxygen atoms in total. The lowest BCUT2D eigenvalue weighted by Crippen LogP contribution is -2.33. The summed E-state index contributed by atoms with van der Waals surface area (Å²) in [5.74, 6) is 0. The SMILES string of the molecule is Cc1cccc(/C=C/NC(=O)NCCc2ccccc2C)c1. The van der Waals surface area contributed by atoms with Crippen molar-refractivity contribution in [1.82, 2.24) is 10.6 Å². The second-order valence-corrected chi connectivity index (χ2v) is 5.32. The van der Waals surface area contributed by atoms with Crippen LogP contribution < -0.4 is 10.6 Å². The van der Waals surface area contributed by atoms with Gasteiger partial charge in [-0.1, -0.05) is 54.1 Å². The van der Waals surface area contributed by atoms with E-state index in [1.165, 1.54) is 16.7 Å². The molecule has 0 aliphatic rings. The first kappa shape index (κ1) is 15.8. The first-order chi connectivity index (χ1) is 10.6. The Hall–Kier alpha value is -2.55. The Kier molecular flexibility index (Phi) is 5.78. The zero-order chi connectivity index (χ0) is 15.8. The smallest absolute Gasteiger partial charge is 0.318 e. The first-order valence-corrected chi connectivity index (χ1v) is 7.47. The lowest BCUT2D eigenvalue weighted by Gasteiger charge is -2.07. The number of amides is 2. The van der Waals surface area contributed by atoms with Crippen molar-refractivity contribution in [3.8, 4) is 0 Å². The molecule has 0 unspecified atom stereocenters. The van der Waals surface area contributed by atoms with Gasteiger partial charge in [-0.3, -0.25) is 0 Å². The Labute approximate surface area is 132 Å². The molecule has 2 N–H and O–H groups in total. The summed E-state index contributed by atoms with van der Waals surface area (Å²) < 4.78 is 0. The zero-order valence-corrected chi connectivity index (χ0v) is 13.1. The number of aryl methyl sites for hydroxylation is 2. The molecular weight excluding hydrogens is 272 g/mol. The topological polar surface area (TPSA) is 41.1 Å². The predicted molar refractivity (Wildman–Crippen MR) is 91.6 cm³/mol. The minimum Gasteiger partial charge on any atom is -0.338 e. The van der Waals surface area contributed by atoms with Crippen LogP contribution in [-0.2, 0) is 6.42 Å². The Morgan fingerprint density at radius 1 is 1.09 bits per heavy atom. The zero-order valence-electron chi connectivity index (χ0n) is 13.1. The van der Waals surface area contributed by atoms with E-state index in [2.05, 4.69) is 35.8 Å². The highest BCUT2D eigenvalue weighted by molar-refractivity contribution is 5.75. The van der Waals surface area contributed by atoms with Crippen LogP contribution in [0.25, 0.3) is 6.08 Å². The van der Waals surface area contributed by atoms with Crippen LogP contribution in [-0.4, -0.2) is 12.6 Å². The van der Waals surface area contributed by atoms with Gasteiger partial charge in [-0.2, -0.15) is 0 Å². The number of urea groups is 1. The van der Waals surface area contributed by atoms with Gasteiger partial charge in [0.25, 0.3) is 0 Å². The van der Waals surface area contributed by atoms with Gasteiger partial charge >= 0.3 is 6.03 Å². The molecule has 0 spiro atoms. The van der Waals surface area contributed by atoms with Crippen molar-refractivity contribution in [1.29, 1.82) is 0 Å². The monoisotopic (exact) mass is 294 g/mol. The van der Waals surface area contributed by atoms with E-state index in [1.807, 2.05) is 43.3 Å². The number of benzene rings is 2. The van der Waals surface area contributed by atoms with Gasteiger partial charge in [0.1, 0.15) is 0 Å². The fourth-order valence-electron chi connectivity index (χ4n) is 2.24. The molecule has 0 saturated heterocycles. The molecule has 0 bridgehead atoms. The van der Waals surface area contributed by atoms with Crippen molar-refractivity contribution in [3.63, 3.8) is 0 Å². The van der Waals surface area contributed by atoms with E-state index in [0.717, 1.165) is 12.0 Å². The van der Waals surface area contributed by atoms with Crippen LogP contribution in [0, 0.1) is 13.8 Å². The van der Waals surface area contributed by atoms with E-state index in [4.69, 9.17) is 0 Å². The van der Waals surface area contributed by atoms with Crippen LogP contribution in [0.2, 0.25) is 0 Å². The van der Waals surface area contributed by atoms with Gasteiger partial charge in [0, 0.05) is 12.7 Å². The summed E-state index contributed by atoms with van der Waals surface area (Å²) in [7, 11) is 0. The molecule has 0 aromatic heterocycles. The second kappa shape index (κ2) is 8.03. The lowest BCUT2D eigenvalue weighted by molar-refractivity contribution is 0.244. The molecule has 2 aromatic rings. The largest absolute Gasteiger partial charge is 0.338 e. The van der Waals surface area contributed by atoms with Crippen molar-refractivity contribution in [2.75, 3.05) is 6.54 Å². The molecule has 2 rings (SSSR count). The van der Waals surface area contributed by atoms with Crippen molar-refractivity contribution >= 4 is 12.1 Å². The lowest BCUT2D eigenvalue weighted by atomic mass is 10.1. The maximum atomic E-state index is 11.7. The quantitative estimate of drug-likeness (QED) is 0.865. The number of carbonyl (C=O) groups excluding carboxylic acids is 1. The molecule has 114 valence electrons. The highest BCUT2D eigenvalue weighted by Gasteiger charge is 1.99. The summed E-state index contributed by atoms with van der Waals surface area (Å²) in [6.45, 7) is 4.75. The van der Waals surface area contributed by atoms with Crippen LogP contribution >= 0.6 is 0 Å². The fourth-order valence-corrected chi connectivity index (χ4v) is 2.24. The van der Waals surface area contributed by atoms with Crippen molar-refractivity contribution in [3.05, 3.63) is 77.0 Å². The summed E-state index contributed by atoms with van der Waals surface area (Å²) in [6.07, 6.45) is 4.38. The molecule has 0 radical (unpaired) electrons. The third kappa shape index (κ3) is 5.09. The molecule has 3 heteroatoms. The van der Waals surface area contributed by atoms with Crippen LogP contribution in [0.1, 0.15) is 22.3 Å². The average molecular weight is 294 g/mol. The maximum Gasteiger partial charge on any atom is 0.318 e. The summed E-state index contributed by atoms with van der Waals surface area (Å²) in [4.78, 5) is 11.7. The molecule has 22 heavy (non-hydrogen) atoms. The molecule has 0 heterocycles. The Morgan fingerprint density at radius 2 is 1.91 bits per heavy atom. The normalized spacial score (nSPS) is 10.6. The van der Waals surface area contributed by atoms with Gasteiger partial charge < -0.3 is 10.6 Å². The molecular formula is C19H22N2O. The Bertz CT molecular complexity index is 662. The van der Waals surface area contributed by atoms with E-state index in [-0.39, 0.29) is 6.03 Å². The second-order valence-electron chi connectivity index (χ2n) is 5.32. The average Bonchev–Trinajstić information content (AvgIpc) is 2.49. The van der Waals surface area contributed by atoms with E-state index in [1.54, 1.807) is 6.20 Å². The molecule has 2 aromatic carbocycles. The fraction of sp³-hybridized carbons (Fsp3) is 0.211. The standard InChI is InChI=1S/C19H22N2O/c1-15-6-5-8-17(14-15)10-12-20-19(22)21-13-11-18-9-4-3-7-16(18)2/h3-10,12,14H,11,13H2,1-2H3,(H2,20,21,22)/b12-10+. The number of nitrogens with one attached hydrogen (secondary N) is 2. The van der Waals surface area contributed by atoms with Crippen molar-refractivity contribution in [2.24, 2.45) is 0 Å². The summed E-state index contributed by atoms with van der Waals surface area (Å²) >= 11 is 0. The van der Waals surface area contributed by atoms with E-state index < -0.39 is 0 Å². The van der Waals surface area contributed by atoms with Gasteiger partial charge in [-0.25, -0.2) is 4.79 Å². The van der Waals surface area contributed by atoms with E-state index in [0.29, 0.717) is 6.54 Å². The third-order valence-corrected chi connectivity index (χ3v) is 3.47. The molecule has 2 amide bonds. The number of hydrogen-bond acceptors (Lipinski definition) is 1. The Morgan fingerprint density at radius 3 is 2.68 bits per heavy atom. The van der Waals surface area contributed by atoms with Crippen LogP contribution in [0.5, 0.6) is 0 Å². The van der Waals surface area contributed by atoms with Crippen LogP contribution in [0.4, 0.5) is 4.79 Å². The summed E-state index contributed by atoms with van der Waals surface area (Å²) in [5, 5.41) is 5.58. The van der Waals surface area contributed by atoms with E-state index >= 15 is 0 Å². The molecule has 0 aliphatic heterocycles. The third-order valence-electron chi connectivity index (χ3n) is 3.47. The van der Waals surface area contributed by atoms with Crippen molar-refractivity contribution < 1.29 is 4.79 Å². The Balaban J connectivity index is 1.73. The van der Waals surface area contributed by atoms with Gasteiger partial charge in [-0.15, -0.1) is 0 Å². The minimum atomic E-state index is -0.183. The highest BCUT2D eigenvalue weighted by Crippen LogP contribution is 2.07. The number of hydrogen-bond donors (Lipinski definition) is 2.